The molecule has 1 aliphatic heterocycles. The molecule has 1 atom stereocenters. The molecule has 0 N–H and O–H groups in total. The summed E-state index contributed by atoms with van der Waals surface area (Å²) in [7, 11) is 2.56. The van der Waals surface area contributed by atoms with Gasteiger partial charge in [-0.2, -0.15) is 0 Å². The molecular weight excluding hydrogens is 284 g/mol. The Kier molecular flexibility index (Phi) is 4.65. The molecule has 1 heterocycles. The molecule has 0 radical (unpaired) electrons. The summed E-state index contributed by atoms with van der Waals surface area (Å²) in [5, 5.41) is 0. The molecular formula is C17H18O5. The van der Waals surface area contributed by atoms with Gasteiger partial charge >= 0.3 is 11.9 Å². The van der Waals surface area contributed by atoms with E-state index in [-0.39, 0.29) is 11.1 Å². The number of carbonyl (C=O) groups excluding carboxylic acids is 2. The first-order valence-electron chi connectivity index (χ1n) is 6.78. The Labute approximate surface area is 129 Å². The highest BCUT2D eigenvalue weighted by molar-refractivity contribution is 5.97. The zero-order chi connectivity index (χ0) is 16.3. The Hall–Kier alpha value is -2.56. The quantitative estimate of drug-likeness (QED) is 0.803. The standard InChI is InChI=1S/C17H18O5/c1-10-5-11(2)7-12(6-10)15-14(17(19)21-4)8-13(9-22-15)16(18)20-3/h5-9,15H,1-4H3. The first kappa shape index (κ1) is 15.8. The summed E-state index contributed by atoms with van der Waals surface area (Å²) < 4.78 is 15.1. The molecule has 22 heavy (non-hydrogen) atoms. The number of rotatable bonds is 3. The Bertz CT molecular complexity index is 649. The number of aryl methyl sites for hydroxylation is 2. The van der Waals surface area contributed by atoms with Crippen LogP contribution in [0.5, 0.6) is 0 Å². The SMILES string of the molecule is COC(=O)C1=COC(c2cc(C)cc(C)c2)C(C(=O)OC)=C1. The maximum atomic E-state index is 12.0. The van der Waals surface area contributed by atoms with Gasteiger partial charge in [0.25, 0.3) is 0 Å². The van der Waals surface area contributed by atoms with Crippen molar-refractivity contribution in [2.24, 2.45) is 0 Å². The number of esters is 2. The number of hydrogen-bond acceptors (Lipinski definition) is 5. The maximum Gasteiger partial charge on any atom is 0.341 e. The molecule has 5 nitrogen and oxygen atoms in total. The molecule has 0 aromatic heterocycles. The van der Waals surface area contributed by atoms with Crippen molar-refractivity contribution in [1.29, 1.82) is 0 Å². The number of hydrogen-bond donors (Lipinski definition) is 0. The number of benzene rings is 1. The molecule has 0 aliphatic carbocycles. The van der Waals surface area contributed by atoms with Gasteiger partial charge in [-0.25, -0.2) is 9.59 Å². The summed E-state index contributed by atoms with van der Waals surface area (Å²) in [4.78, 5) is 23.6. The van der Waals surface area contributed by atoms with Crippen LogP contribution < -0.4 is 0 Å². The van der Waals surface area contributed by atoms with E-state index in [9.17, 15) is 9.59 Å². The van der Waals surface area contributed by atoms with E-state index in [1.165, 1.54) is 26.6 Å². The van der Waals surface area contributed by atoms with Crippen LogP contribution >= 0.6 is 0 Å². The van der Waals surface area contributed by atoms with E-state index in [1.807, 2.05) is 32.0 Å². The van der Waals surface area contributed by atoms with Crippen molar-refractivity contribution >= 4 is 11.9 Å². The third-order valence-corrected chi connectivity index (χ3v) is 3.31. The van der Waals surface area contributed by atoms with Gasteiger partial charge in [0.1, 0.15) is 0 Å². The second-order valence-electron chi connectivity index (χ2n) is 5.09. The normalized spacial score (nSPS) is 17.0. The second kappa shape index (κ2) is 6.47. The van der Waals surface area contributed by atoms with Gasteiger partial charge in [-0.1, -0.05) is 29.3 Å². The van der Waals surface area contributed by atoms with E-state index in [1.54, 1.807) is 0 Å². The molecule has 0 fully saturated rings. The lowest BCUT2D eigenvalue weighted by atomic mass is 9.95. The van der Waals surface area contributed by atoms with Crippen molar-refractivity contribution in [2.45, 2.75) is 20.0 Å². The average Bonchev–Trinajstić information content (AvgIpc) is 2.51. The van der Waals surface area contributed by atoms with E-state index >= 15 is 0 Å². The van der Waals surface area contributed by atoms with Crippen molar-refractivity contribution in [3.63, 3.8) is 0 Å². The molecule has 116 valence electrons. The van der Waals surface area contributed by atoms with Crippen LogP contribution in [-0.2, 0) is 23.8 Å². The second-order valence-corrected chi connectivity index (χ2v) is 5.09. The Morgan fingerprint density at radius 3 is 2.14 bits per heavy atom. The molecule has 5 heteroatoms. The van der Waals surface area contributed by atoms with Crippen LogP contribution in [0.25, 0.3) is 0 Å². The molecule has 0 spiro atoms. The molecule has 2 rings (SSSR count). The lowest BCUT2D eigenvalue weighted by molar-refractivity contribution is -0.137. The monoisotopic (exact) mass is 302 g/mol. The van der Waals surface area contributed by atoms with Crippen LogP contribution in [-0.4, -0.2) is 26.2 Å². The molecule has 1 aromatic rings. The van der Waals surface area contributed by atoms with Crippen molar-refractivity contribution in [3.05, 3.63) is 58.4 Å². The average molecular weight is 302 g/mol. The van der Waals surface area contributed by atoms with Crippen LogP contribution in [0, 0.1) is 13.8 Å². The fraction of sp³-hybridized carbons (Fsp3) is 0.294. The maximum absolute atomic E-state index is 12.0. The minimum atomic E-state index is -0.612. The van der Waals surface area contributed by atoms with Crippen LogP contribution in [0.3, 0.4) is 0 Å². The smallest absolute Gasteiger partial charge is 0.341 e. The van der Waals surface area contributed by atoms with Gasteiger partial charge in [0.2, 0.25) is 0 Å². The number of carbonyl (C=O) groups is 2. The van der Waals surface area contributed by atoms with Gasteiger partial charge in [0.15, 0.2) is 6.10 Å². The van der Waals surface area contributed by atoms with E-state index < -0.39 is 18.0 Å². The van der Waals surface area contributed by atoms with Gasteiger partial charge in [0.05, 0.1) is 31.6 Å². The molecule has 0 saturated carbocycles. The summed E-state index contributed by atoms with van der Waals surface area (Å²) in [6.07, 6.45) is 2.14. The number of ether oxygens (including phenoxy) is 3. The lowest BCUT2D eigenvalue weighted by Gasteiger charge is -2.23. The van der Waals surface area contributed by atoms with Crippen LogP contribution in [0.1, 0.15) is 22.8 Å². The van der Waals surface area contributed by atoms with E-state index in [0.29, 0.717) is 0 Å². The molecule has 0 saturated heterocycles. The molecule has 0 amide bonds. The van der Waals surface area contributed by atoms with Crippen LogP contribution in [0.15, 0.2) is 41.7 Å². The van der Waals surface area contributed by atoms with Crippen molar-refractivity contribution in [2.75, 3.05) is 14.2 Å². The van der Waals surface area contributed by atoms with Crippen molar-refractivity contribution < 1.29 is 23.8 Å². The third kappa shape index (κ3) is 3.19. The Morgan fingerprint density at radius 2 is 1.59 bits per heavy atom. The zero-order valence-corrected chi connectivity index (χ0v) is 13.0. The first-order valence-corrected chi connectivity index (χ1v) is 6.78. The minimum Gasteiger partial charge on any atom is -0.487 e. The fourth-order valence-electron chi connectivity index (χ4n) is 2.42. The first-order chi connectivity index (χ1) is 10.5. The van der Waals surface area contributed by atoms with Gasteiger partial charge in [-0.3, -0.25) is 0 Å². The molecule has 1 aliphatic rings. The van der Waals surface area contributed by atoms with Crippen LogP contribution in [0.2, 0.25) is 0 Å². The molecule has 1 unspecified atom stereocenters. The predicted molar refractivity (Wildman–Crippen MR) is 79.9 cm³/mol. The van der Waals surface area contributed by atoms with E-state index in [0.717, 1.165) is 16.7 Å². The van der Waals surface area contributed by atoms with Crippen LogP contribution in [0.4, 0.5) is 0 Å². The predicted octanol–water partition coefficient (Wildman–Crippen LogP) is 2.53. The highest BCUT2D eigenvalue weighted by atomic mass is 16.5. The van der Waals surface area contributed by atoms with Gasteiger partial charge < -0.3 is 14.2 Å². The van der Waals surface area contributed by atoms with Crippen molar-refractivity contribution in [3.8, 4) is 0 Å². The fourth-order valence-corrected chi connectivity index (χ4v) is 2.42. The Balaban J connectivity index is 2.44. The third-order valence-electron chi connectivity index (χ3n) is 3.31. The van der Waals surface area contributed by atoms with Crippen molar-refractivity contribution in [1.82, 2.24) is 0 Å². The molecule has 1 aromatic carbocycles. The van der Waals surface area contributed by atoms with Gasteiger partial charge in [0, 0.05) is 0 Å². The summed E-state index contributed by atoms with van der Waals surface area (Å²) in [6, 6.07) is 5.90. The largest absolute Gasteiger partial charge is 0.487 e. The summed E-state index contributed by atoms with van der Waals surface area (Å²) >= 11 is 0. The minimum absolute atomic E-state index is 0.170. The topological polar surface area (TPSA) is 61.8 Å². The zero-order valence-electron chi connectivity index (χ0n) is 13.0. The number of methoxy groups -OCH3 is 2. The molecule has 0 bridgehead atoms. The van der Waals surface area contributed by atoms with E-state index in [4.69, 9.17) is 9.47 Å². The van der Waals surface area contributed by atoms with Gasteiger partial charge in [-0.15, -0.1) is 0 Å². The highest BCUT2D eigenvalue weighted by Gasteiger charge is 2.29. The van der Waals surface area contributed by atoms with E-state index in [2.05, 4.69) is 4.74 Å². The highest BCUT2D eigenvalue weighted by Crippen LogP contribution is 2.33. The summed E-state index contributed by atoms with van der Waals surface area (Å²) in [6.45, 7) is 3.94. The lowest BCUT2D eigenvalue weighted by Crippen LogP contribution is -2.20. The summed E-state index contributed by atoms with van der Waals surface area (Å²) in [5.74, 6) is -1.11. The Morgan fingerprint density at radius 1 is 1.00 bits per heavy atom. The summed E-state index contributed by atoms with van der Waals surface area (Å²) in [5.41, 5.74) is 3.38. The van der Waals surface area contributed by atoms with Gasteiger partial charge in [-0.05, 0) is 25.5 Å².